The Morgan fingerprint density at radius 2 is 1.84 bits per heavy atom. The number of halogens is 1. The lowest BCUT2D eigenvalue weighted by Crippen LogP contribution is -2.29. The first kappa shape index (κ1) is 13.3. The summed E-state index contributed by atoms with van der Waals surface area (Å²) in [6, 6.07) is 9.39. The van der Waals surface area contributed by atoms with Crippen molar-refractivity contribution in [1.82, 2.24) is 4.90 Å². The minimum Gasteiger partial charge on any atom is -0.456 e. The zero-order valence-corrected chi connectivity index (χ0v) is 11.2. The van der Waals surface area contributed by atoms with E-state index in [9.17, 15) is 9.18 Å². The van der Waals surface area contributed by atoms with E-state index in [0.29, 0.717) is 11.5 Å². The lowest BCUT2D eigenvalue weighted by atomic mass is 10.1. The van der Waals surface area contributed by atoms with Gasteiger partial charge in [-0.15, -0.1) is 0 Å². The van der Waals surface area contributed by atoms with Crippen LogP contribution in [-0.4, -0.2) is 17.9 Å². The zero-order valence-electron chi connectivity index (χ0n) is 11.2. The number of carbonyl (C=O) groups excluding carboxylic acids is 1. The first-order valence-corrected chi connectivity index (χ1v) is 6.08. The van der Waals surface area contributed by atoms with E-state index < -0.39 is 0 Å². The number of furan rings is 1. The summed E-state index contributed by atoms with van der Waals surface area (Å²) in [6.07, 6.45) is 0. The van der Waals surface area contributed by atoms with Gasteiger partial charge in [0.2, 0.25) is 0 Å². The second-order valence-electron chi connectivity index (χ2n) is 4.55. The van der Waals surface area contributed by atoms with Crippen LogP contribution in [0, 0.1) is 12.7 Å². The summed E-state index contributed by atoms with van der Waals surface area (Å²) < 4.78 is 18.2. The maximum atomic E-state index is 12.9. The van der Waals surface area contributed by atoms with Crippen LogP contribution in [0.4, 0.5) is 4.39 Å². The Morgan fingerprint density at radius 3 is 2.37 bits per heavy atom. The number of benzene rings is 1. The molecule has 1 heterocycles. The summed E-state index contributed by atoms with van der Waals surface area (Å²) >= 11 is 0. The van der Waals surface area contributed by atoms with E-state index in [-0.39, 0.29) is 17.8 Å². The lowest BCUT2D eigenvalue weighted by Gasteiger charge is -2.24. The monoisotopic (exact) mass is 261 g/mol. The summed E-state index contributed by atoms with van der Waals surface area (Å²) in [4.78, 5) is 13.8. The standard InChI is InChI=1S/C15H16FNO2/c1-10-4-9-14(19-10)15(18)17(3)11(2)12-5-7-13(16)8-6-12/h4-9,11H,1-3H3. The molecule has 0 saturated heterocycles. The van der Waals surface area contributed by atoms with Gasteiger partial charge < -0.3 is 9.32 Å². The van der Waals surface area contributed by atoms with Gasteiger partial charge in [-0.2, -0.15) is 0 Å². The molecule has 2 aromatic rings. The van der Waals surface area contributed by atoms with Crippen LogP contribution in [0.15, 0.2) is 40.8 Å². The third kappa shape index (κ3) is 2.84. The van der Waals surface area contributed by atoms with Gasteiger partial charge in [-0.05, 0) is 43.7 Å². The molecule has 0 saturated carbocycles. The van der Waals surface area contributed by atoms with Gasteiger partial charge in [0.05, 0.1) is 6.04 Å². The number of rotatable bonds is 3. The molecule has 0 aliphatic heterocycles. The molecule has 4 heteroatoms. The van der Waals surface area contributed by atoms with Crippen LogP contribution in [0.2, 0.25) is 0 Å². The fraction of sp³-hybridized carbons (Fsp3) is 0.267. The summed E-state index contributed by atoms with van der Waals surface area (Å²) in [5, 5.41) is 0. The van der Waals surface area contributed by atoms with E-state index in [2.05, 4.69) is 0 Å². The topological polar surface area (TPSA) is 33.5 Å². The maximum absolute atomic E-state index is 12.9. The van der Waals surface area contributed by atoms with Gasteiger partial charge in [-0.25, -0.2) is 4.39 Å². The van der Waals surface area contributed by atoms with Crippen LogP contribution in [-0.2, 0) is 0 Å². The van der Waals surface area contributed by atoms with Gasteiger partial charge >= 0.3 is 0 Å². The lowest BCUT2D eigenvalue weighted by molar-refractivity contribution is 0.0709. The second-order valence-corrected chi connectivity index (χ2v) is 4.55. The molecule has 0 spiro atoms. The highest BCUT2D eigenvalue weighted by molar-refractivity contribution is 5.91. The number of hydrogen-bond acceptors (Lipinski definition) is 2. The normalized spacial score (nSPS) is 12.2. The van der Waals surface area contributed by atoms with Gasteiger partial charge in [-0.1, -0.05) is 12.1 Å². The maximum Gasteiger partial charge on any atom is 0.289 e. The van der Waals surface area contributed by atoms with Crippen LogP contribution in [0.5, 0.6) is 0 Å². The molecule has 1 amide bonds. The quantitative estimate of drug-likeness (QED) is 0.846. The predicted molar refractivity (Wildman–Crippen MR) is 70.4 cm³/mol. The Balaban J connectivity index is 2.16. The summed E-state index contributed by atoms with van der Waals surface area (Å²) in [5.41, 5.74) is 0.875. The smallest absolute Gasteiger partial charge is 0.289 e. The van der Waals surface area contributed by atoms with E-state index in [1.54, 1.807) is 43.1 Å². The average Bonchev–Trinajstić information content (AvgIpc) is 2.84. The first-order chi connectivity index (χ1) is 8.99. The second kappa shape index (κ2) is 5.26. The third-order valence-electron chi connectivity index (χ3n) is 3.20. The van der Waals surface area contributed by atoms with Gasteiger partial charge in [0.1, 0.15) is 11.6 Å². The molecule has 0 bridgehead atoms. The molecule has 0 fully saturated rings. The molecule has 0 radical (unpaired) electrons. The fourth-order valence-corrected chi connectivity index (χ4v) is 1.86. The minimum absolute atomic E-state index is 0.154. The van der Waals surface area contributed by atoms with E-state index in [1.165, 1.54) is 12.1 Å². The Bertz CT molecular complexity index is 574. The van der Waals surface area contributed by atoms with Gasteiger partial charge in [-0.3, -0.25) is 4.79 Å². The summed E-state index contributed by atoms with van der Waals surface area (Å²) in [7, 11) is 1.70. The molecule has 1 aromatic carbocycles. The van der Waals surface area contributed by atoms with E-state index in [1.807, 2.05) is 6.92 Å². The van der Waals surface area contributed by atoms with Crippen LogP contribution in [0.25, 0.3) is 0 Å². The van der Waals surface area contributed by atoms with Crippen molar-refractivity contribution < 1.29 is 13.6 Å². The van der Waals surface area contributed by atoms with Crippen molar-refractivity contribution in [3.05, 3.63) is 59.3 Å². The van der Waals surface area contributed by atoms with Crippen molar-refractivity contribution in [2.45, 2.75) is 19.9 Å². The summed E-state index contributed by atoms with van der Waals surface area (Å²) in [5.74, 6) is 0.539. The molecule has 1 unspecified atom stereocenters. The highest BCUT2D eigenvalue weighted by atomic mass is 19.1. The minimum atomic E-state index is -0.286. The molecular formula is C15H16FNO2. The van der Waals surface area contributed by atoms with Crippen LogP contribution >= 0.6 is 0 Å². The average molecular weight is 261 g/mol. The number of aryl methyl sites for hydroxylation is 1. The van der Waals surface area contributed by atoms with E-state index in [0.717, 1.165) is 5.56 Å². The molecule has 3 nitrogen and oxygen atoms in total. The molecule has 19 heavy (non-hydrogen) atoms. The Morgan fingerprint density at radius 1 is 1.21 bits per heavy atom. The van der Waals surface area contributed by atoms with Crippen molar-refractivity contribution in [3.63, 3.8) is 0 Å². The number of hydrogen-bond donors (Lipinski definition) is 0. The van der Waals surface area contributed by atoms with Crippen LogP contribution < -0.4 is 0 Å². The van der Waals surface area contributed by atoms with Crippen molar-refractivity contribution >= 4 is 5.91 Å². The highest BCUT2D eigenvalue weighted by Crippen LogP contribution is 2.21. The third-order valence-corrected chi connectivity index (χ3v) is 3.20. The first-order valence-electron chi connectivity index (χ1n) is 6.08. The van der Waals surface area contributed by atoms with Crippen molar-refractivity contribution in [2.24, 2.45) is 0 Å². The van der Waals surface area contributed by atoms with Gasteiger partial charge in [0, 0.05) is 7.05 Å². The van der Waals surface area contributed by atoms with Gasteiger partial charge in [0.15, 0.2) is 5.76 Å². The molecule has 0 aliphatic carbocycles. The van der Waals surface area contributed by atoms with Crippen LogP contribution in [0.1, 0.15) is 34.8 Å². The SMILES string of the molecule is Cc1ccc(C(=O)N(C)C(C)c2ccc(F)cc2)o1. The molecule has 0 N–H and O–H groups in total. The van der Waals surface area contributed by atoms with E-state index in [4.69, 9.17) is 4.42 Å². The Hall–Kier alpha value is -2.10. The largest absolute Gasteiger partial charge is 0.456 e. The molecule has 1 aromatic heterocycles. The van der Waals surface area contributed by atoms with E-state index >= 15 is 0 Å². The molecule has 100 valence electrons. The molecule has 2 rings (SSSR count). The van der Waals surface area contributed by atoms with Crippen molar-refractivity contribution in [1.29, 1.82) is 0 Å². The predicted octanol–water partition coefficient (Wildman–Crippen LogP) is 3.56. The zero-order chi connectivity index (χ0) is 14.0. The summed E-state index contributed by atoms with van der Waals surface area (Å²) in [6.45, 7) is 3.68. The number of nitrogens with zero attached hydrogens (tertiary/aromatic N) is 1. The molecule has 0 aliphatic rings. The van der Waals surface area contributed by atoms with Crippen LogP contribution in [0.3, 0.4) is 0 Å². The Kier molecular flexibility index (Phi) is 3.69. The highest BCUT2D eigenvalue weighted by Gasteiger charge is 2.21. The number of carbonyl (C=O) groups is 1. The van der Waals surface area contributed by atoms with Crippen molar-refractivity contribution in [3.8, 4) is 0 Å². The number of amides is 1. The van der Waals surface area contributed by atoms with Gasteiger partial charge in [0.25, 0.3) is 5.91 Å². The molecule has 1 atom stereocenters. The fourth-order valence-electron chi connectivity index (χ4n) is 1.86. The Labute approximate surface area is 111 Å². The molecular weight excluding hydrogens is 245 g/mol. The van der Waals surface area contributed by atoms with Crippen molar-refractivity contribution in [2.75, 3.05) is 7.05 Å².